The van der Waals surface area contributed by atoms with Gasteiger partial charge in [0.2, 0.25) is 0 Å². The molecule has 2 aromatic heterocycles. The molecule has 1 amide bonds. The van der Waals surface area contributed by atoms with E-state index in [1.54, 1.807) is 11.6 Å². The van der Waals surface area contributed by atoms with Crippen LogP contribution < -0.4 is 10.1 Å². The first kappa shape index (κ1) is 16.9. The van der Waals surface area contributed by atoms with Gasteiger partial charge in [0.05, 0.1) is 7.11 Å². The molecule has 2 fully saturated rings. The Balaban J connectivity index is 1.48. The highest BCUT2D eigenvalue weighted by Crippen LogP contribution is 2.46. The van der Waals surface area contributed by atoms with Gasteiger partial charge in [-0.3, -0.25) is 0 Å². The molecule has 0 saturated heterocycles. The van der Waals surface area contributed by atoms with E-state index in [9.17, 15) is 4.79 Å². The summed E-state index contributed by atoms with van der Waals surface area (Å²) in [6.45, 7) is 0.508. The predicted octanol–water partition coefficient (Wildman–Crippen LogP) is 3.04. The molecule has 2 aromatic rings. The van der Waals surface area contributed by atoms with Gasteiger partial charge in [-0.1, -0.05) is 0 Å². The Hall–Kier alpha value is -1.58. The summed E-state index contributed by atoms with van der Waals surface area (Å²) in [5.74, 6) is 1.46. The Kier molecular flexibility index (Phi) is 4.47. The quantitative estimate of drug-likeness (QED) is 0.553. The van der Waals surface area contributed by atoms with Crippen molar-refractivity contribution in [2.75, 3.05) is 13.7 Å². The number of alkyl carbamates (subject to hydrolysis) is 1. The second kappa shape index (κ2) is 6.62. The van der Waals surface area contributed by atoms with Crippen LogP contribution in [0.15, 0.2) is 12.1 Å². The molecule has 0 atom stereocenters. The van der Waals surface area contributed by atoms with Crippen LogP contribution in [0.4, 0.5) is 4.79 Å². The summed E-state index contributed by atoms with van der Waals surface area (Å²) in [6, 6.07) is 3.84. The molecule has 2 aliphatic rings. The second-order valence-electron chi connectivity index (χ2n) is 6.84. The Bertz CT molecular complexity index is 797. The second-order valence-corrected chi connectivity index (χ2v) is 7.95. The van der Waals surface area contributed by atoms with Gasteiger partial charge in [0.25, 0.3) is 0 Å². The maximum Gasteiger partial charge on any atom is 0.407 e. The number of aromatic nitrogens is 3. The number of amides is 1. The van der Waals surface area contributed by atoms with E-state index in [1.807, 2.05) is 12.1 Å². The van der Waals surface area contributed by atoms with E-state index in [4.69, 9.17) is 9.47 Å². The number of rotatable bonds is 5. The van der Waals surface area contributed by atoms with Crippen molar-refractivity contribution in [1.82, 2.24) is 19.9 Å². The van der Waals surface area contributed by atoms with Gasteiger partial charge in [0.1, 0.15) is 9.80 Å². The summed E-state index contributed by atoms with van der Waals surface area (Å²) in [5, 5.41) is 7.58. The highest BCUT2D eigenvalue weighted by Gasteiger charge is 2.48. The van der Waals surface area contributed by atoms with E-state index in [-0.39, 0.29) is 17.6 Å². The first-order valence-corrected chi connectivity index (χ1v) is 9.73. The third kappa shape index (κ3) is 3.28. The Morgan fingerprint density at radius 1 is 1.40 bits per heavy atom. The van der Waals surface area contributed by atoms with Gasteiger partial charge in [-0.05, 0) is 73.2 Å². The summed E-state index contributed by atoms with van der Waals surface area (Å²) in [6.07, 6.45) is 5.93. The van der Waals surface area contributed by atoms with Crippen LogP contribution in [0.2, 0.25) is 0 Å². The van der Waals surface area contributed by atoms with Crippen LogP contribution in [0, 0.1) is 3.70 Å². The van der Waals surface area contributed by atoms with Crippen molar-refractivity contribution in [3.8, 4) is 5.75 Å². The van der Waals surface area contributed by atoms with E-state index in [1.165, 1.54) is 0 Å². The van der Waals surface area contributed by atoms with Crippen LogP contribution >= 0.6 is 22.6 Å². The highest BCUT2D eigenvalue weighted by atomic mass is 127. The third-order valence-corrected chi connectivity index (χ3v) is 5.91. The van der Waals surface area contributed by atoms with Gasteiger partial charge in [-0.2, -0.15) is 0 Å². The van der Waals surface area contributed by atoms with Gasteiger partial charge in [0.15, 0.2) is 17.2 Å². The number of carbonyl (C=O) groups excluding carboxylic acids is 1. The average Bonchev–Trinajstić information content (AvgIpc) is 3.01. The van der Waals surface area contributed by atoms with Crippen molar-refractivity contribution in [3.63, 3.8) is 0 Å². The Labute approximate surface area is 159 Å². The Morgan fingerprint density at radius 3 is 2.84 bits per heavy atom. The molecule has 0 spiro atoms. The minimum Gasteiger partial charge on any atom is -0.493 e. The van der Waals surface area contributed by atoms with Crippen LogP contribution in [-0.4, -0.2) is 40.4 Å². The fourth-order valence-electron chi connectivity index (χ4n) is 3.37. The zero-order chi connectivity index (χ0) is 17.4. The number of hydrogen-bond acceptors (Lipinski definition) is 5. The molecular weight excluding hydrogens is 435 g/mol. The van der Waals surface area contributed by atoms with Gasteiger partial charge in [0, 0.05) is 12.0 Å². The van der Waals surface area contributed by atoms with Gasteiger partial charge in [-0.15, -0.1) is 5.10 Å². The first-order valence-electron chi connectivity index (χ1n) is 8.65. The summed E-state index contributed by atoms with van der Waals surface area (Å²) in [5.41, 5.74) is 0.527. The Morgan fingerprint density at radius 2 is 2.16 bits per heavy atom. The minimum atomic E-state index is -0.325. The van der Waals surface area contributed by atoms with E-state index >= 15 is 0 Å². The molecule has 0 unspecified atom stereocenters. The van der Waals surface area contributed by atoms with E-state index < -0.39 is 0 Å². The van der Waals surface area contributed by atoms with Crippen molar-refractivity contribution in [2.45, 2.75) is 50.0 Å². The fourth-order valence-corrected chi connectivity index (χ4v) is 3.88. The average molecular weight is 456 g/mol. The number of hydrogen-bond donors (Lipinski definition) is 1. The van der Waals surface area contributed by atoms with Gasteiger partial charge in [-0.25, -0.2) is 14.3 Å². The molecular formula is C17H21IN4O3. The number of fused-ring (bicyclic) bond motifs is 1. The molecule has 1 N–H and O–H groups in total. The van der Waals surface area contributed by atoms with Crippen LogP contribution in [0.3, 0.4) is 0 Å². The zero-order valence-corrected chi connectivity index (χ0v) is 16.3. The van der Waals surface area contributed by atoms with Crippen molar-refractivity contribution in [2.24, 2.45) is 0 Å². The number of pyridine rings is 1. The molecule has 2 saturated carbocycles. The third-order valence-electron chi connectivity index (χ3n) is 5.10. The SMILES string of the molecule is COc1ccc(I)n2nc(C3(CNC(=O)OC4CCCC4)CC3)nc12. The van der Waals surface area contributed by atoms with Crippen molar-refractivity contribution in [3.05, 3.63) is 21.7 Å². The topological polar surface area (TPSA) is 77.8 Å². The van der Waals surface area contributed by atoms with Gasteiger partial charge < -0.3 is 14.8 Å². The summed E-state index contributed by atoms with van der Waals surface area (Å²) in [7, 11) is 1.63. The van der Waals surface area contributed by atoms with Crippen LogP contribution in [0.1, 0.15) is 44.3 Å². The number of ether oxygens (including phenoxy) is 2. The fraction of sp³-hybridized carbons (Fsp3) is 0.588. The van der Waals surface area contributed by atoms with E-state index in [0.29, 0.717) is 17.9 Å². The summed E-state index contributed by atoms with van der Waals surface area (Å²) < 4.78 is 13.6. The lowest BCUT2D eigenvalue weighted by Gasteiger charge is -2.15. The normalized spacial score (nSPS) is 19.1. The van der Waals surface area contributed by atoms with Crippen LogP contribution in [-0.2, 0) is 10.2 Å². The monoisotopic (exact) mass is 456 g/mol. The van der Waals surface area contributed by atoms with Crippen LogP contribution in [0.25, 0.3) is 5.65 Å². The molecule has 134 valence electrons. The smallest absolute Gasteiger partial charge is 0.407 e. The molecule has 0 bridgehead atoms. The van der Waals surface area contributed by atoms with E-state index in [2.05, 4.69) is 38.0 Å². The standard InChI is InChI=1S/C17H21IN4O3/c1-24-12-6-7-13(18)22-14(12)20-15(21-22)17(8-9-17)10-19-16(23)25-11-4-2-3-5-11/h6-7,11H,2-5,8-10H2,1H3,(H,19,23). The number of halogens is 1. The lowest BCUT2D eigenvalue weighted by molar-refractivity contribution is 0.100. The number of nitrogens with zero attached hydrogens (tertiary/aromatic N) is 3. The number of methoxy groups -OCH3 is 1. The molecule has 2 aliphatic carbocycles. The molecule has 7 nitrogen and oxygen atoms in total. The van der Waals surface area contributed by atoms with Crippen molar-refractivity contribution >= 4 is 34.3 Å². The maximum atomic E-state index is 12.0. The van der Waals surface area contributed by atoms with Crippen molar-refractivity contribution < 1.29 is 14.3 Å². The molecule has 0 radical (unpaired) electrons. The zero-order valence-electron chi connectivity index (χ0n) is 14.1. The number of nitrogens with one attached hydrogen (secondary N) is 1. The van der Waals surface area contributed by atoms with Crippen molar-refractivity contribution in [1.29, 1.82) is 0 Å². The molecule has 0 aliphatic heterocycles. The molecule has 25 heavy (non-hydrogen) atoms. The lowest BCUT2D eigenvalue weighted by atomic mass is 10.1. The van der Waals surface area contributed by atoms with E-state index in [0.717, 1.165) is 48.0 Å². The first-order chi connectivity index (χ1) is 12.1. The molecule has 8 heteroatoms. The maximum absolute atomic E-state index is 12.0. The summed E-state index contributed by atoms with van der Waals surface area (Å²) >= 11 is 2.23. The largest absolute Gasteiger partial charge is 0.493 e. The molecule has 0 aromatic carbocycles. The molecule has 2 heterocycles. The summed E-state index contributed by atoms with van der Waals surface area (Å²) in [4.78, 5) is 16.7. The number of carbonyl (C=O) groups is 1. The van der Waals surface area contributed by atoms with Gasteiger partial charge >= 0.3 is 6.09 Å². The van der Waals surface area contributed by atoms with Crippen LogP contribution in [0.5, 0.6) is 5.75 Å². The minimum absolute atomic E-state index is 0.0781. The molecule has 4 rings (SSSR count). The lowest BCUT2D eigenvalue weighted by Crippen LogP contribution is -2.35. The predicted molar refractivity (Wildman–Crippen MR) is 99.9 cm³/mol. The highest BCUT2D eigenvalue weighted by molar-refractivity contribution is 14.1.